The van der Waals surface area contributed by atoms with Gasteiger partial charge >= 0.3 is 0 Å². The summed E-state index contributed by atoms with van der Waals surface area (Å²) in [6.45, 7) is 0. The molecular weight excluding hydrogens is 871 g/mol. The lowest BCUT2D eigenvalue weighted by atomic mass is 9.87. The number of fused-ring (bicyclic) bond motifs is 15. The molecule has 4 nitrogen and oxygen atoms in total. The third kappa shape index (κ3) is 6.05. The predicted molar refractivity (Wildman–Crippen MR) is 295 cm³/mol. The fraction of sp³-hybridized carbons (Fsp3) is 0. The fourth-order valence-electron chi connectivity index (χ4n) is 10.9. The molecule has 0 atom stereocenters. The lowest BCUT2D eigenvalue weighted by Gasteiger charge is -2.16. The number of thiophene rings is 1. The van der Waals surface area contributed by atoms with Gasteiger partial charge in [-0.05, 0) is 107 Å². The summed E-state index contributed by atoms with van der Waals surface area (Å²) in [5, 5.41) is 16.5. The number of aromatic nitrogens is 3. The summed E-state index contributed by atoms with van der Waals surface area (Å²) in [6, 6.07) is 80.5. The highest BCUT2D eigenvalue weighted by molar-refractivity contribution is 7.25. The molecule has 0 fully saturated rings. The van der Waals surface area contributed by atoms with E-state index in [2.05, 4.69) is 224 Å². The molecule has 0 amide bonds. The lowest BCUT2D eigenvalue weighted by Crippen LogP contribution is -2.00. The number of benzene rings is 12. The van der Waals surface area contributed by atoms with Gasteiger partial charge in [0.2, 0.25) is 0 Å². The maximum absolute atomic E-state index is 7.12. The summed E-state index contributed by atoms with van der Waals surface area (Å²) in [7, 11) is 0. The van der Waals surface area contributed by atoms with Crippen molar-refractivity contribution in [3.63, 3.8) is 0 Å². The summed E-state index contributed by atoms with van der Waals surface area (Å²) in [4.78, 5) is 15.6. The number of furan rings is 1. The van der Waals surface area contributed by atoms with Crippen LogP contribution in [0.5, 0.6) is 0 Å². The van der Waals surface area contributed by atoms with E-state index in [0.717, 1.165) is 77.0 Å². The van der Waals surface area contributed by atoms with Crippen molar-refractivity contribution >= 4 is 107 Å². The van der Waals surface area contributed by atoms with Gasteiger partial charge in [-0.1, -0.05) is 188 Å². The Labute approximate surface area is 405 Å². The van der Waals surface area contributed by atoms with Crippen LogP contribution in [0.1, 0.15) is 0 Å². The van der Waals surface area contributed by atoms with E-state index < -0.39 is 0 Å². The highest BCUT2D eigenvalue weighted by Gasteiger charge is 2.23. The quantitative estimate of drug-likeness (QED) is 0.161. The summed E-state index contributed by atoms with van der Waals surface area (Å²) in [5.74, 6) is 1.90. The molecule has 324 valence electrons. The van der Waals surface area contributed by atoms with Gasteiger partial charge in [-0.25, -0.2) is 15.0 Å². The Morgan fingerprint density at radius 2 is 0.800 bits per heavy atom. The fourth-order valence-corrected chi connectivity index (χ4v) is 12.1. The smallest absolute Gasteiger partial charge is 0.164 e. The molecule has 0 saturated carbocycles. The molecule has 0 spiro atoms. The molecule has 3 heterocycles. The minimum absolute atomic E-state index is 0.622. The molecule has 0 unspecified atom stereocenters. The zero-order valence-corrected chi connectivity index (χ0v) is 38.3. The van der Waals surface area contributed by atoms with Crippen LogP contribution in [-0.4, -0.2) is 15.0 Å². The van der Waals surface area contributed by atoms with E-state index in [1.165, 1.54) is 57.9 Å². The van der Waals surface area contributed by atoms with E-state index >= 15 is 0 Å². The molecule has 0 aliphatic carbocycles. The second-order valence-electron chi connectivity index (χ2n) is 18.2. The standard InChI is InChI=1S/C65H37N3OS/c1-2-14-41-33-44(30-25-38(41)13-1)64-66-63(67-65(68-64)45-31-32-52-51-22-11-12-24-58(51)70-59(52)36-45)40-28-26-39(27-29-40)46-17-5-6-18-47(46)54-37-55-50-21-8-7-19-48(50)49-20-9-10-23-53(49)60(55)62-61(54)56-34-42-15-3-4-16-43(42)35-57(56)69-62/h1-37H. The van der Waals surface area contributed by atoms with E-state index in [9.17, 15) is 0 Å². The van der Waals surface area contributed by atoms with Crippen LogP contribution in [0.2, 0.25) is 0 Å². The topological polar surface area (TPSA) is 51.8 Å². The first-order chi connectivity index (χ1) is 34.7. The van der Waals surface area contributed by atoms with Crippen molar-refractivity contribution in [2.45, 2.75) is 0 Å². The van der Waals surface area contributed by atoms with Gasteiger partial charge < -0.3 is 4.42 Å². The maximum atomic E-state index is 7.12. The first kappa shape index (κ1) is 39.0. The average Bonchev–Trinajstić information content (AvgIpc) is 4.00. The molecular formula is C65H37N3OS. The molecule has 0 radical (unpaired) electrons. The van der Waals surface area contributed by atoms with Crippen molar-refractivity contribution < 1.29 is 4.42 Å². The van der Waals surface area contributed by atoms with Gasteiger partial charge in [0.15, 0.2) is 17.5 Å². The van der Waals surface area contributed by atoms with Crippen molar-refractivity contribution in [1.82, 2.24) is 15.0 Å². The van der Waals surface area contributed by atoms with Crippen molar-refractivity contribution in [3.05, 3.63) is 224 Å². The highest BCUT2D eigenvalue weighted by Crippen LogP contribution is 2.48. The molecule has 0 N–H and O–H groups in total. The summed E-state index contributed by atoms with van der Waals surface area (Å²) >= 11 is 1.80. The normalized spacial score (nSPS) is 12.0. The van der Waals surface area contributed by atoms with Gasteiger partial charge in [0.05, 0.1) is 0 Å². The van der Waals surface area contributed by atoms with E-state index in [1.807, 2.05) is 0 Å². The van der Waals surface area contributed by atoms with Crippen LogP contribution in [0, 0.1) is 0 Å². The van der Waals surface area contributed by atoms with Crippen LogP contribution in [0.4, 0.5) is 0 Å². The Bertz CT molecular complexity index is 4660. The summed E-state index contributed by atoms with van der Waals surface area (Å²) in [5.41, 5.74) is 9.08. The average molecular weight is 908 g/mol. The Balaban J connectivity index is 0.915. The van der Waals surface area contributed by atoms with Crippen LogP contribution in [0.3, 0.4) is 0 Å². The highest BCUT2D eigenvalue weighted by atomic mass is 32.1. The molecule has 12 aromatic carbocycles. The van der Waals surface area contributed by atoms with E-state index in [-0.39, 0.29) is 0 Å². The lowest BCUT2D eigenvalue weighted by molar-refractivity contribution is 0.673. The maximum Gasteiger partial charge on any atom is 0.164 e. The Morgan fingerprint density at radius 3 is 1.56 bits per heavy atom. The number of rotatable bonds is 5. The molecule has 70 heavy (non-hydrogen) atoms. The van der Waals surface area contributed by atoms with Crippen LogP contribution in [0.25, 0.3) is 152 Å². The van der Waals surface area contributed by atoms with Gasteiger partial charge in [-0.15, -0.1) is 11.3 Å². The third-order valence-corrected chi connectivity index (χ3v) is 15.4. The van der Waals surface area contributed by atoms with Gasteiger partial charge in [0.1, 0.15) is 11.2 Å². The molecule has 0 aliphatic rings. The molecule has 15 rings (SSSR count). The Hall–Kier alpha value is -9.03. The monoisotopic (exact) mass is 907 g/mol. The molecule has 0 bridgehead atoms. The van der Waals surface area contributed by atoms with Gasteiger partial charge in [-0.3, -0.25) is 0 Å². The van der Waals surface area contributed by atoms with E-state index in [1.54, 1.807) is 11.3 Å². The van der Waals surface area contributed by atoms with Gasteiger partial charge in [0.25, 0.3) is 0 Å². The van der Waals surface area contributed by atoms with Gasteiger partial charge in [-0.2, -0.15) is 0 Å². The van der Waals surface area contributed by atoms with Crippen molar-refractivity contribution in [1.29, 1.82) is 0 Å². The van der Waals surface area contributed by atoms with Crippen molar-refractivity contribution in [2.75, 3.05) is 0 Å². The summed E-state index contributed by atoms with van der Waals surface area (Å²) in [6.07, 6.45) is 0. The second kappa shape index (κ2) is 15.2. The van der Waals surface area contributed by atoms with Crippen molar-refractivity contribution in [3.8, 4) is 56.4 Å². The summed E-state index contributed by atoms with van der Waals surface area (Å²) < 4.78 is 9.60. The van der Waals surface area contributed by atoms with Crippen molar-refractivity contribution in [2.24, 2.45) is 0 Å². The molecule has 3 aromatic heterocycles. The molecule has 5 heteroatoms. The molecule has 15 aromatic rings. The zero-order valence-electron chi connectivity index (χ0n) is 37.5. The first-order valence-corrected chi connectivity index (χ1v) is 24.5. The van der Waals surface area contributed by atoms with Crippen LogP contribution < -0.4 is 0 Å². The van der Waals surface area contributed by atoms with E-state index in [0.29, 0.717) is 17.5 Å². The Kier molecular flexibility index (Phi) is 8.49. The number of hydrogen-bond acceptors (Lipinski definition) is 5. The van der Waals surface area contributed by atoms with Crippen LogP contribution in [-0.2, 0) is 0 Å². The largest absolute Gasteiger partial charge is 0.455 e. The SMILES string of the molecule is c1ccc(-c2cc3c4ccccc4c4ccccc4c3c3oc4cc5ccccc5cc4c23)c(-c2ccc(-c3nc(-c4ccc5ccccc5c4)nc(-c4ccc5c(c4)sc4ccccc45)n3)cc2)c1. The third-order valence-electron chi connectivity index (χ3n) is 14.3. The minimum atomic E-state index is 0.622. The molecule has 0 saturated heterocycles. The second-order valence-corrected chi connectivity index (χ2v) is 19.3. The predicted octanol–water partition coefficient (Wildman–Crippen LogP) is 18.2. The first-order valence-electron chi connectivity index (χ1n) is 23.7. The zero-order chi connectivity index (χ0) is 45.9. The van der Waals surface area contributed by atoms with Gasteiger partial charge in [0, 0.05) is 53.0 Å². The van der Waals surface area contributed by atoms with E-state index in [4.69, 9.17) is 19.4 Å². The Morgan fingerprint density at radius 1 is 0.286 bits per heavy atom. The molecule has 0 aliphatic heterocycles. The number of nitrogens with zero attached hydrogens (tertiary/aromatic N) is 3. The van der Waals surface area contributed by atoms with Crippen LogP contribution in [0.15, 0.2) is 229 Å². The minimum Gasteiger partial charge on any atom is -0.455 e. The number of hydrogen-bond donors (Lipinski definition) is 0. The van der Waals surface area contributed by atoms with Crippen LogP contribution >= 0.6 is 11.3 Å².